The van der Waals surface area contributed by atoms with Crippen LogP contribution in [0.2, 0.25) is 0 Å². The van der Waals surface area contributed by atoms with Crippen LogP contribution in [-0.2, 0) is 4.74 Å². The van der Waals surface area contributed by atoms with Crippen LogP contribution in [0.3, 0.4) is 0 Å². The fraction of sp³-hybridized carbons (Fsp3) is 0.571. The van der Waals surface area contributed by atoms with Crippen molar-refractivity contribution in [3.05, 3.63) is 22.7 Å². The van der Waals surface area contributed by atoms with Crippen LogP contribution in [0, 0.1) is 0 Å². The first-order valence-corrected chi connectivity index (χ1v) is 7.39. The molecule has 0 radical (unpaired) electrons. The van der Waals surface area contributed by atoms with Gasteiger partial charge in [-0.3, -0.25) is 0 Å². The maximum atomic E-state index is 5.47. The molecule has 1 fully saturated rings. The second-order valence-electron chi connectivity index (χ2n) is 4.86. The molecule has 106 valence electrons. The Balaban J connectivity index is 1.88. The van der Waals surface area contributed by atoms with Crippen LogP contribution < -0.4 is 15.4 Å². The molecule has 1 heterocycles. The summed E-state index contributed by atoms with van der Waals surface area (Å²) < 4.78 is 11.7. The molecule has 1 saturated heterocycles. The first kappa shape index (κ1) is 14.6. The lowest BCUT2D eigenvalue weighted by Crippen LogP contribution is -2.43. The minimum absolute atomic E-state index is 0.380. The van der Waals surface area contributed by atoms with Gasteiger partial charge >= 0.3 is 0 Å². The minimum Gasteiger partial charge on any atom is -0.495 e. The first-order chi connectivity index (χ1) is 9.19. The number of halogens is 1. The van der Waals surface area contributed by atoms with Gasteiger partial charge in [0.25, 0.3) is 0 Å². The van der Waals surface area contributed by atoms with Crippen LogP contribution >= 0.6 is 15.9 Å². The van der Waals surface area contributed by atoms with Gasteiger partial charge in [0.2, 0.25) is 0 Å². The molecular weight excluding hydrogens is 308 g/mol. The average molecular weight is 329 g/mol. The van der Waals surface area contributed by atoms with E-state index < -0.39 is 0 Å². The normalized spacial score (nSPS) is 20.9. The molecule has 1 aromatic carbocycles. The van der Waals surface area contributed by atoms with Gasteiger partial charge in [0.05, 0.1) is 24.8 Å². The van der Waals surface area contributed by atoms with Gasteiger partial charge in [-0.05, 0) is 41.4 Å². The SMILES string of the molecule is COc1cc(NC(C)CC2COCCN2)ccc1Br. The van der Waals surface area contributed by atoms with Crippen LogP contribution in [0.5, 0.6) is 5.75 Å². The summed E-state index contributed by atoms with van der Waals surface area (Å²) in [5.41, 5.74) is 1.07. The van der Waals surface area contributed by atoms with Gasteiger partial charge in [0.15, 0.2) is 0 Å². The molecule has 0 aromatic heterocycles. The molecule has 2 unspecified atom stereocenters. The van der Waals surface area contributed by atoms with Gasteiger partial charge < -0.3 is 20.1 Å². The molecule has 4 nitrogen and oxygen atoms in total. The molecule has 0 spiro atoms. The van der Waals surface area contributed by atoms with Crippen molar-refractivity contribution in [3.8, 4) is 5.75 Å². The van der Waals surface area contributed by atoms with Gasteiger partial charge in [0.1, 0.15) is 5.75 Å². The largest absolute Gasteiger partial charge is 0.495 e. The fourth-order valence-corrected chi connectivity index (χ4v) is 2.70. The van der Waals surface area contributed by atoms with Crippen molar-refractivity contribution in [3.63, 3.8) is 0 Å². The van der Waals surface area contributed by atoms with Crippen molar-refractivity contribution in [1.82, 2.24) is 5.32 Å². The number of morpholine rings is 1. The number of hydrogen-bond acceptors (Lipinski definition) is 4. The van der Waals surface area contributed by atoms with Crippen LogP contribution in [0.15, 0.2) is 22.7 Å². The van der Waals surface area contributed by atoms with E-state index in [1.54, 1.807) is 7.11 Å². The van der Waals surface area contributed by atoms with Crippen LogP contribution in [0.25, 0.3) is 0 Å². The smallest absolute Gasteiger partial charge is 0.135 e. The molecular formula is C14H21BrN2O2. The molecule has 2 rings (SSSR count). The molecule has 2 atom stereocenters. The Bertz CT molecular complexity index is 408. The molecule has 0 aliphatic carbocycles. The molecule has 2 N–H and O–H groups in total. The lowest BCUT2D eigenvalue weighted by atomic mass is 10.1. The summed E-state index contributed by atoms with van der Waals surface area (Å²) in [6.07, 6.45) is 1.04. The fourth-order valence-electron chi connectivity index (χ4n) is 2.29. The highest BCUT2D eigenvalue weighted by atomic mass is 79.9. The van der Waals surface area contributed by atoms with Gasteiger partial charge in [-0.15, -0.1) is 0 Å². The quantitative estimate of drug-likeness (QED) is 0.872. The van der Waals surface area contributed by atoms with Crippen molar-refractivity contribution in [2.75, 3.05) is 32.2 Å². The van der Waals surface area contributed by atoms with Crippen molar-refractivity contribution in [2.45, 2.75) is 25.4 Å². The van der Waals surface area contributed by atoms with Crippen LogP contribution in [0.1, 0.15) is 13.3 Å². The number of nitrogens with one attached hydrogen (secondary N) is 2. The Labute approximate surface area is 123 Å². The zero-order valence-corrected chi connectivity index (χ0v) is 13.0. The first-order valence-electron chi connectivity index (χ1n) is 6.60. The molecule has 0 amide bonds. The maximum Gasteiger partial charge on any atom is 0.135 e. The van der Waals surface area contributed by atoms with E-state index in [1.807, 2.05) is 18.2 Å². The van der Waals surface area contributed by atoms with Gasteiger partial charge in [-0.25, -0.2) is 0 Å². The van der Waals surface area contributed by atoms with E-state index in [0.717, 1.165) is 42.1 Å². The monoisotopic (exact) mass is 328 g/mol. The second kappa shape index (κ2) is 7.12. The van der Waals surface area contributed by atoms with E-state index in [9.17, 15) is 0 Å². The standard InChI is InChI=1S/C14H21BrN2O2/c1-10(7-12-9-19-6-5-16-12)17-11-3-4-13(15)14(8-11)18-2/h3-4,8,10,12,16-17H,5-7,9H2,1-2H3. The molecule has 0 saturated carbocycles. The van der Waals surface area contributed by atoms with Crippen LogP contribution in [-0.4, -0.2) is 39.0 Å². The van der Waals surface area contributed by atoms with Crippen molar-refractivity contribution >= 4 is 21.6 Å². The number of methoxy groups -OCH3 is 1. The molecule has 0 bridgehead atoms. The van der Waals surface area contributed by atoms with Crippen molar-refractivity contribution < 1.29 is 9.47 Å². The van der Waals surface area contributed by atoms with E-state index in [2.05, 4.69) is 33.5 Å². The molecule has 1 aliphatic rings. The Kier molecular flexibility index (Phi) is 5.48. The van der Waals surface area contributed by atoms with Gasteiger partial charge in [-0.2, -0.15) is 0 Å². The van der Waals surface area contributed by atoms with E-state index in [0.29, 0.717) is 12.1 Å². The summed E-state index contributed by atoms with van der Waals surface area (Å²) in [5, 5.41) is 6.96. The van der Waals surface area contributed by atoms with Gasteiger partial charge in [0, 0.05) is 30.4 Å². The third kappa shape index (κ3) is 4.37. The lowest BCUT2D eigenvalue weighted by Gasteiger charge is -2.27. The highest BCUT2D eigenvalue weighted by Gasteiger charge is 2.16. The summed E-state index contributed by atoms with van der Waals surface area (Å²) in [6.45, 7) is 4.76. The summed E-state index contributed by atoms with van der Waals surface area (Å²) in [4.78, 5) is 0. The predicted octanol–water partition coefficient (Wildman–Crippen LogP) is 2.64. The second-order valence-corrected chi connectivity index (χ2v) is 5.71. The van der Waals surface area contributed by atoms with Crippen LogP contribution in [0.4, 0.5) is 5.69 Å². The Morgan fingerprint density at radius 3 is 3.11 bits per heavy atom. The Morgan fingerprint density at radius 1 is 1.58 bits per heavy atom. The average Bonchev–Trinajstić information content (AvgIpc) is 2.42. The number of anilines is 1. The van der Waals surface area contributed by atoms with E-state index in [4.69, 9.17) is 9.47 Å². The lowest BCUT2D eigenvalue weighted by molar-refractivity contribution is 0.0731. The molecule has 1 aliphatic heterocycles. The Morgan fingerprint density at radius 2 is 2.42 bits per heavy atom. The van der Waals surface area contributed by atoms with Crippen molar-refractivity contribution in [1.29, 1.82) is 0 Å². The number of rotatable bonds is 5. The third-order valence-corrected chi connectivity index (χ3v) is 3.86. The highest BCUT2D eigenvalue weighted by Crippen LogP contribution is 2.28. The third-order valence-electron chi connectivity index (χ3n) is 3.20. The van der Waals surface area contributed by atoms with E-state index >= 15 is 0 Å². The van der Waals surface area contributed by atoms with E-state index in [-0.39, 0.29) is 0 Å². The van der Waals surface area contributed by atoms with Crippen molar-refractivity contribution in [2.24, 2.45) is 0 Å². The summed E-state index contributed by atoms with van der Waals surface area (Å²) in [5.74, 6) is 0.844. The zero-order valence-electron chi connectivity index (χ0n) is 11.4. The molecule has 19 heavy (non-hydrogen) atoms. The number of ether oxygens (including phenoxy) is 2. The number of hydrogen-bond donors (Lipinski definition) is 2. The number of benzene rings is 1. The summed E-state index contributed by atoms with van der Waals surface area (Å²) >= 11 is 3.46. The summed E-state index contributed by atoms with van der Waals surface area (Å²) in [7, 11) is 1.68. The minimum atomic E-state index is 0.380. The Hall–Kier alpha value is -0.780. The summed E-state index contributed by atoms with van der Waals surface area (Å²) in [6, 6.07) is 6.87. The van der Waals surface area contributed by atoms with Gasteiger partial charge in [-0.1, -0.05) is 0 Å². The topological polar surface area (TPSA) is 42.5 Å². The molecule has 1 aromatic rings. The highest BCUT2D eigenvalue weighted by molar-refractivity contribution is 9.10. The maximum absolute atomic E-state index is 5.47. The zero-order chi connectivity index (χ0) is 13.7. The predicted molar refractivity (Wildman–Crippen MR) is 81.0 cm³/mol. The van der Waals surface area contributed by atoms with E-state index in [1.165, 1.54) is 0 Å². The molecule has 5 heteroatoms.